The number of anilines is 1. The lowest BCUT2D eigenvalue weighted by atomic mass is 9.99. The molecule has 0 unspecified atom stereocenters. The van der Waals surface area contributed by atoms with Gasteiger partial charge in [-0.2, -0.15) is 0 Å². The molecule has 4 heterocycles. The Hall–Kier alpha value is -2.02. The molecule has 4 aliphatic heterocycles. The van der Waals surface area contributed by atoms with Gasteiger partial charge in [0.25, 0.3) is 5.91 Å². The fourth-order valence-electron chi connectivity index (χ4n) is 4.57. The molecule has 24 heavy (non-hydrogen) atoms. The molecule has 3 atom stereocenters. The van der Waals surface area contributed by atoms with Crippen molar-refractivity contribution in [2.45, 2.75) is 29.8 Å². The van der Waals surface area contributed by atoms with Crippen LogP contribution in [0.25, 0.3) is 0 Å². The predicted octanol–water partition coefficient (Wildman–Crippen LogP) is 0.764. The quantitative estimate of drug-likeness (QED) is 0.698. The van der Waals surface area contributed by atoms with Gasteiger partial charge in [-0.15, -0.1) is 11.8 Å². The first-order valence-electron chi connectivity index (χ1n) is 8.22. The minimum Gasteiger partial charge on any atom is -0.329 e. The standard InChI is InChI=1S/C17H17N3O3S/c1-18-11-6-3-2-5-10(11)17(16(18)23)20-13(9-24-17)14(21)19-8-4-7-12(19)15(20)22/h2-3,5-6,12-13H,4,7-9H2,1H3/t12-,13-,17-/m0/s1. The van der Waals surface area contributed by atoms with Gasteiger partial charge in [0, 0.05) is 24.9 Å². The van der Waals surface area contributed by atoms with Gasteiger partial charge in [-0.3, -0.25) is 14.4 Å². The molecule has 1 aromatic carbocycles. The number of thioether (sulfide) groups is 1. The summed E-state index contributed by atoms with van der Waals surface area (Å²) in [4.78, 5) is 43.1. The van der Waals surface area contributed by atoms with E-state index in [-0.39, 0.29) is 17.7 Å². The molecule has 3 fully saturated rings. The van der Waals surface area contributed by atoms with Gasteiger partial charge >= 0.3 is 0 Å². The van der Waals surface area contributed by atoms with Crippen molar-refractivity contribution < 1.29 is 14.4 Å². The molecule has 4 aliphatic rings. The van der Waals surface area contributed by atoms with Crippen LogP contribution < -0.4 is 4.90 Å². The van der Waals surface area contributed by atoms with Crippen molar-refractivity contribution in [3.8, 4) is 0 Å². The molecule has 3 saturated heterocycles. The molecule has 5 rings (SSSR count). The molecule has 1 aromatic rings. The van der Waals surface area contributed by atoms with Crippen LogP contribution >= 0.6 is 11.8 Å². The monoisotopic (exact) mass is 343 g/mol. The lowest BCUT2D eigenvalue weighted by molar-refractivity contribution is -0.162. The fraction of sp³-hybridized carbons (Fsp3) is 0.471. The van der Waals surface area contributed by atoms with E-state index < -0.39 is 17.0 Å². The van der Waals surface area contributed by atoms with E-state index >= 15 is 0 Å². The Morgan fingerprint density at radius 2 is 1.92 bits per heavy atom. The largest absolute Gasteiger partial charge is 0.329 e. The van der Waals surface area contributed by atoms with Crippen LogP contribution in [0.2, 0.25) is 0 Å². The summed E-state index contributed by atoms with van der Waals surface area (Å²) in [5.74, 6) is 0.285. The number of carbonyl (C=O) groups is 3. The number of carbonyl (C=O) groups excluding carboxylic acids is 3. The highest BCUT2D eigenvalue weighted by molar-refractivity contribution is 8.01. The van der Waals surface area contributed by atoms with E-state index in [1.165, 1.54) is 11.8 Å². The lowest BCUT2D eigenvalue weighted by Gasteiger charge is -2.43. The summed E-state index contributed by atoms with van der Waals surface area (Å²) in [6.07, 6.45) is 1.55. The predicted molar refractivity (Wildman–Crippen MR) is 89.4 cm³/mol. The average Bonchev–Trinajstić information content (AvgIpc) is 3.28. The van der Waals surface area contributed by atoms with Crippen LogP contribution in [0.5, 0.6) is 0 Å². The van der Waals surface area contributed by atoms with Crippen molar-refractivity contribution in [1.82, 2.24) is 9.80 Å². The van der Waals surface area contributed by atoms with Crippen LogP contribution in [0, 0.1) is 0 Å². The van der Waals surface area contributed by atoms with Crippen molar-refractivity contribution >= 4 is 35.2 Å². The second-order valence-corrected chi connectivity index (χ2v) is 7.96. The van der Waals surface area contributed by atoms with E-state index in [4.69, 9.17) is 0 Å². The van der Waals surface area contributed by atoms with Gasteiger partial charge < -0.3 is 14.7 Å². The molecule has 3 amide bonds. The Kier molecular flexibility index (Phi) is 2.71. The zero-order valence-corrected chi connectivity index (χ0v) is 14.1. The number of amides is 3. The van der Waals surface area contributed by atoms with Crippen LogP contribution in [0.15, 0.2) is 24.3 Å². The second-order valence-electron chi connectivity index (χ2n) is 6.75. The first kappa shape index (κ1) is 14.3. The Morgan fingerprint density at radius 1 is 1.12 bits per heavy atom. The van der Waals surface area contributed by atoms with Gasteiger partial charge in [0.05, 0.1) is 5.69 Å². The molecular formula is C17H17N3O3S. The summed E-state index contributed by atoms with van der Waals surface area (Å²) in [6.45, 7) is 0.654. The van der Waals surface area contributed by atoms with Gasteiger partial charge in [-0.05, 0) is 18.9 Å². The highest BCUT2D eigenvalue weighted by Gasteiger charge is 2.66. The van der Waals surface area contributed by atoms with E-state index in [1.807, 2.05) is 24.3 Å². The van der Waals surface area contributed by atoms with Crippen molar-refractivity contribution in [3.63, 3.8) is 0 Å². The number of rotatable bonds is 0. The summed E-state index contributed by atoms with van der Waals surface area (Å²) >= 11 is 1.42. The summed E-state index contributed by atoms with van der Waals surface area (Å²) in [6, 6.07) is 6.66. The molecular weight excluding hydrogens is 326 g/mol. The highest BCUT2D eigenvalue weighted by atomic mass is 32.2. The van der Waals surface area contributed by atoms with Gasteiger partial charge in [-0.25, -0.2) is 0 Å². The number of fused-ring (bicyclic) bond motifs is 5. The average molecular weight is 343 g/mol. The van der Waals surface area contributed by atoms with Crippen LogP contribution in [-0.4, -0.2) is 59.0 Å². The Morgan fingerprint density at radius 3 is 2.75 bits per heavy atom. The van der Waals surface area contributed by atoms with Crippen LogP contribution in [-0.2, 0) is 19.3 Å². The number of hydrogen-bond acceptors (Lipinski definition) is 4. The van der Waals surface area contributed by atoms with Crippen molar-refractivity contribution in [2.75, 3.05) is 24.2 Å². The first-order valence-corrected chi connectivity index (χ1v) is 9.21. The van der Waals surface area contributed by atoms with Crippen molar-refractivity contribution in [1.29, 1.82) is 0 Å². The van der Waals surface area contributed by atoms with Gasteiger partial charge in [0.2, 0.25) is 11.8 Å². The molecule has 6 nitrogen and oxygen atoms in total. The molecule has 124 valence electrons. The van der Waals surface area contributed by atoms with Crippen LogP contribution in [0.3, 0.4) is 0 Å². The highest BCUT2D eigenvalue weighted by Crippen LogP contribution is 2.57. The van der Waals surface area contributed by atoms with Crippen molar-refractivity contribution in [2.24, 2.45) is 0 Å². The van der Waals surface area contributed by atoms with E-state index in [9.17, 15) is 14.4 Å². The summed E-state index contributed by atoms with van der Waals surface area (Å²) in [7, 11) is 1.74. The zero-order valence-electron chi connectivity index (χ0n) is 13.3. The molecule has 1 spiro atoms. The molecule has 0 saturated carbocycles. The molecule has 7 heteroatoms. The summed E-state index contributed by atoms with van der Waals surface area (Å²) in [5, 5.41) is 0. The number of para-hydroxylation sites is 1. The maximum Gasteiger partial charge on any atom is 0.268 e. The third-order valence-corrected chi connectivity index (χ3v) is 7.16. The zero-order chi connectivity index (χ0) is 16.6. The maximum atomic E-state index is 13.2. The third-order valence-electron chi connectivity index (χ3n) is 5.67. The Balaban J connectivity index is 1.70. The first-order chi connectivity index (χ1) is 11.6. The SMILES string of the molecule is CN1C(=O)[C@@]2(SC[C@H]3C(=O)N4CCC[C@H]4C(=O)N32)c2ccccc21. The molecule has 0 aromatic heterocycles. The smallest absolute Gasteiger partial charge is 0.268 e. The van der Waals surface area contributed by atoms with Crippen molar-refractivity contribution in [3.05, 3.63) is 29.8 Å². The maximum absolute atomic E-state index is 13.2. The van der Waals surface area contributed by atoms with E-state index in [2.05, 4.69) is 0 Å². The second kappa shape index (κ2) is 4.53. The Labute approximate surface area is 143 Å². The minimum atomic E-state index is -1.07. The number of likely N-dealkylation sites (N-methyl/N-ethyl adjacent to an activating group) is 1. The van der Waals surface area contributed by atoms with E-state index in [1.54, 1.807) is 21.7 Å². The van der Waals surface area contributed by atoms with Gasteiger partial charge in [-0.1, -0.05) is 18.2 Å². The van der Waals surface area contributed by atoms with Crippen LogP contribution in [0.4, 0.5) is 5.69 Å². The molecule has 0 N–H and O–H groups in total. The lowest BCUT2D eigenvalue weighted by Crippen LogP contribution is -2.66. The number of benzene rings is 1. The number of hydrogen-bond donors (Lipinski definition) is 0. The minimum absolute atomic E-state index is 0.00121. The number of nitrogens with zero attached hydrogens (tertiary/aromatic N) is 3. The summed E-state index contributed by atoms with van der Waals surface area (Å²) in [5.41, 5.74) is 1.65. The Bertz CT molecular complexity index is 797. The van der Waals surface area contributed by atoms with Crippen LogP contribution in [0.1, 0.15) is 18.4 Å². The molecule has 0 aliphatic carbocycles. The molecule has 0 bridgehead atoms. The third kappa shape index (κ3) is 1.43. The summed E-state index contributed by atoms with van der Waals surface area (Å²) < 4.78 is 0. The number of piperazine rings is 1. The van der Waals surface area contributed by atoms with Gasteiger partial charge in [0.1, 0.15) is 12.1 Å². The van der Waals surface area contributed by atoms with E-state index in [0.717, 1.165) is 17.7 Å². The molecule has 0 radical (unpaired) electrons. The fourth-order valence-corrected chi connectivity index (χ4v) is 6.21. The topological polar surface area (TPSA) is 60.9 Å². The van der Waals surface area contributed by atoms with Gasteiger partial charge in [0.15, 0.2) is 4.87 Å². The normalized spacial score (nSPS) is 34.2. The van der Waals surface area contributed by atoms with E-state index in [0.29, 0.717) is 18.7 Å².